The van der Waals surface area contributed by atoms with Gasteiger partial charge in [0.1, 0.15) is 11.9 Å². The van der Waals surface area contributed by atoms with Gasteiger partial charge in [0.05, 0.1) is 12.2 Å². The van der Waals surface area contributed by atoms with E-state index in [0.29, 0.717) is 36.1 Å². The van der Waals surface area contributed by atoms with Gasteiger partial charge in [-0.05, 0) is 37.3 Å². The van der Waals surface area contributed by atoms with Gasteiger partial charge in [-0.15, -0.1) is 0 Å². The van der Waals surface area contributed by atoms with Gasteiger partial charge in [0.25, 0.3) is 0 Å². The van der Waals surface area contributed by atoms with Crippen molar-refractivity contribution < 1.29 is 14.3 Å². The molecule has 0 radical (unpaired) electrons. The zero-order chi connectivity index (χ0) is 21.1. The lowest BCUT2D eigenvalue weighted by molar-refractivity contribution is -0.133. The van der Waals surface area contributed by atoms with E-state index < -0.39 is 0 Å². The Labute approximate surface area is 182 Å². The van der Waals surface area contributed by atoms with Gasteiger partial charge in [0, 0.05) is 49.7 Å². The number of nitrogens with zero attached hydrogens (tertiary/aromatic N) is 3. The molecule has 7 heteroatoms. The lowest BCUT2D eigenvalue weighted by Gasteiger charge is -2.36. The van der Waals surface area contributed by atoms with E-state index >= 15 is 0 Å². The Bertz CT molecular complexity index is 913. The molecule has 2 aromatic rings. The first-order chi connectivity index (χ1) is 14.5. The first kappa shape index (κ1) is 20.5. The Morgan fingerprint density at radius 1 is 1.00 bits per heavy atom. The minimum absolute atomic E-state index is 0.0312. The number of benzene rings is 2. The van der Waals surface area contributed by atoms with Gasteiger partial charge in [-0.25, -0.2) is 0 Å². The maximum absolute atomic E-state index is 12.9. The van der Waals surface area contributed by atoms with Crippen LogP contribution >= 0.6 is 11.6 Å². The molecule has 0 spiro atoms. The largest absolute Gasteiger partial charge is 0.487 e. The summed E-state index contributed by atoms with van der Waals surface area (Å²) in [5, 5.41) is 0.553. The zero-order valence-electron chi connectivity index (χ0n) is 17.1. The Kier molecular flexibility index (Phi) is 6.13. The molecule has 0 bridgehead atoms. The lowest BCUT2D eigenvalue weighted by Crippen LogP contribution is -2.49. The second-order valence-corrected chi connectivity index (χ2v) is 8.18. The molecule has 6 nitrogen and oxygen atoms in total. The SMILES string of the molecule is CC1CN(C(=O)CCC(=O)N2CCN(c3ccccc3)CC2)c2cc(Cl)ccc2O1. The van der Waals surface area contributed by atoms with Crippen LogP contribution in [0.5, 0.6) is 5.75 Å². The van der Waals surface area contributed by atoms with Crippen LogP contribution in [-0.4, -0.2) is 55.5 Å². The van der Waals surface area contributed by atoms with Gasteiger partial charge < -0.3 is 19.4 Å². The van der Waals surface area contributed by atoms with Crippen molar-refractivity contribution in [2.45, 2.75) is 25.9 Å². The topological polar surface area (TPSA) is 53.1 Å². The number of amides is 2. The quantitative estimate of drug-likeness (QED) is 0.748. The van der Waals surface area contributed by atoms with Crippen molar-refractivity contribution in [2.24, 2.45) is 0 Å². The summed E-state index contributed by atoms with van der Waals surface area (Å²) in [6.45, 7) is 5.34. The standard InChI is InChI=1S/C23H26ClN3O3/c1-17-16-27(20-15-18(24)7-8-21(20)30-17)23(29)10-9-22(28)26-13-11-25(12-14-26)19-5-3-2-4-6-19/h2-8,15,17H,9-14,16H2,1H3. The van der Waals surface area contributed by atoms with Crippen molar-refractivity contribution in [3.8, 4) is 5.75 Å². The van der Waals surface area contributed by atoms with E-state index in [1.165, 1.54) is 5.69 Å². The van der Waals surface area contributed by atoms with Gasteiger partial charge >= 0.3 is 0 Å². The normalized spacial score (nSPS) is 18.6. The molecule has 0 saturated carbocycles. The van der Waals surface area contributed by atoms with Crippen molar-refractivity contribution in [1.82, 2.24) is 4.90 Å². The number of halogens is 1. The average molecular weight is 428 g/mol. The van der Waals surface area contributed by atoms with Crippen LogP contribution in [0.2, 0.25) is 5.02 Å². The second kappa shape index (κ2) is 8.96. The van der Waals surface area contributed by atoms with Gasteiger partial charge in [-0.1, -0.05) is 29.8 Å². The highest BCUT2D eigenvalue weighted by Gasteiger charge is 2.29. The number of para-hydroxylation sites is 1. The number of carbonyl (C=O) groups is 2. The third-order valence-corrected chi connectivity index (χ3v) is 5.82. The van der Waals surface area contributed by atoms with Gasteiger partial charge in [0.2, 0.25) is 11.8 Å². The number of anilines is 2. The molecule has 2 aliphatic rings. The number of ether oxygens (including phenoxy) is 1. The van der Waals surface area contributed by atoms with Crippen molar-refractivity contribution in [1.29, 1.82) is 0 Å². The number of piperazine rings is 1. The minimum atomic E-state index is -0.107. The number of hydrogen-bond acceptors (Lipinski definition) is 4. The molecular weight excluding hydrogens is 402 g/mol. The predicted octanol–water partition coefficient (Wildman–Crippen LogP) is 3.58. The average Bonchev–Trinajstić information content (AvgIpc) is 2.77. The van der Waals surface area contributed by atoms with Crippen molar-refractivity contribution in [3.05, 3.63) is 53.6 Å². The Morgan fingerprint density at radius 2 is 1.70 bits per heavy atom. The summed E-state index contributed by atoms with van der Waals surface area (Å²) in [5.74, 6) is 0.600. The van der Waals surface area contributed by atoms with E-state index in [9.17, 15) is 9.59 Å². The van der Waals surface area contributed by atoms with Crippen LogP contribution < -0.4 is 14.5 Å². The molecule has 0 N–H and O–H groups in total. The van der Waals surface area contributed by atoms with E-state index in [-0.39, 0.29) is 30.8 Å². The highest BCUT2D eigenvalue weighted by atomic mass is 35.5. The molecule has 2 aliphatic heterocycles. The summed E-state index contributed by atoms with van der Waals surface area (Å²) in [6.07, 6.45) is 0.284. The van der Waals surface area contributed by atoms with E-state index in [1.54, 1.807) is 23.1 Å². The Morgan fingerprint density at radius 3 is 2.43 bits per heavy atom. The molecule has 158 valence electrons. The van der Waals surface area contributed by atoms with Crippen LogP contribution in [0.4, 0.5) is 11.4 Å². The summed E-state index contributed by atoms with van der Waals surface area (Å²) in [6, 6.07) is 15.5. The fraction of sp³-hybridized carbons (Fsp3) is 0.391. The number of hydrogen-bond donors (Lipinski definition) is 0. The highest BCUT2D eigenvalue weighted by Crippen LogP contribution is 2.36. The van der Waals surface area contributed by atoms with E-state index in [2.05, 4.69) is 17.0 Å². The van der Waals surface area contributed by atoms with Crippen LogP contribution in [0.1, 0.15) is 19.8 Å². The molecule has 0 aliphatic carbocycles. The van der Waals surface area contributed by atoms with Crippen LogP contribution in [0.15, 0.2) is 48.5 Å². The first-order valence-electron chi connectivity index (χ1n) is 10.4. The van der Waals surface area contributed by atoms with Crippen molar-refractivity contribution in [2.75, 3.05) is 42.5 Å². The molecule has 2 aromatic carbocycles. The molecule has 30 heavy (non-hydrogen) atoms. The van der Waals surface area contributed by atoms with Crippen LogP contribution in [0, 0.1) is 0 Å². The fourth-order valence-corrected chi connectivity index (χ4v) is 4.17. The summed E-state index contributed by atoms with van der Waals surface area (Å²) >= 11 is 6.11. The summed E-state index contributed by atoms with van der Waals surface area (Å²) in [5.41, 5.74) is 1.85. The van der Waals surface area contributed by atoms with E-state index in [4.69, 9.17) is 16.3 Å². The van der Waals surface area contributed by atoms with Crippen LogP contribution in [-0.2, 0) is 9.59 Å². The van der Waals surface area contributed by atoms with Gasteiger partial charge in [0.15, 0.2) is 0 Å². The number of carbonyl (C=O) groups excluding carboxylic acids is 2. The molecule has 0 aromatic heterocycles. The predicted molar refractivity (Wildman–Crippen MR) is 118 cm³/mol. The summed E-state index contributed by atoms with van der Waals surface area (Å²) in [4.78, 5) is 31.4. The highest BCUT2D eigenvalue weighted by molar-refractivity contribution is 6.31. The third-order valence-electron chi connectivity index (χ3n) is 5.59. The van der Waals surface area contributed by atoms with Crippen LogP contribution in [0.25, 0.3) is 0 Å². The zero-order valence-corrected chi connectivity index (χ0v) is 17.8. The Balaban J connectivity index is 1.31. The van der Waals surface area contributed by atoms with E-state index in [1.807, 2.05) is 30.0 Å². The number of fused-ring (bicyclic) bond motifs is 1. The molecule has 1 unspecified atom stereocenters. The first-order valence-corrected chi connectivity index (χ1v) is 10.7. The molecule has 2 heterocycles. The van der Waals surface area contributed by atoms with Crippen molar-refractivity contribution in [3.63, 3.8) is 0 Å². The maximum Gasteiger partial charge on any atom is 0.227 e. The van der Waals surface area contributed by atoms with Crippen molar-refractivity contribution >= 4 is 34.8 Å². The minimum Gasteiger partial charge on any atom is -0.487 e. The van der Waals surface area contributed by atoms with Gasteiger partial charge in [-0.3, -0.25) is 9.59 Å². The van der Waals surface area contributed by atoms with Gasteiger partial charge in [-0.2, -0.15) is 0 Å². The molecule has 1 fully saturated rings. The maximum atomic E-state index is 12.9. The lowest BCUT2D eigenvalue weighted by atomic mass is 10.1. The number of rotatable bonds is 4. The summed E-state index contributed by atoms with van der Waals surface area (Å²) < 4.78 is 5.80. The molecule has 4 rings (SSSR count). The molecular formula is C23H26ClN3O3. The fourth-order valence-electron chi connectivity index (χ4n) is 4.01. The molecule has 1 atom stereocenters. The smallest absolute Gasteiger partial charge is 0.227 e. The van der Waals surface area contributed by atoms with Crippen LogP contribution in [0.3, 0.4) is 0 Å². The van der Waals surface area contributed by atoms with E-state index in [0.717, 1.165) is 13.1 Å². The molecule has 2 amide bonds. The monoisotopic (exact) mass is 427 g/mol. The second-order valence-electron chi connectivity index (χ2n) is 7.75. The Hall–Kier alpha value is -2.73. The third kappa shape index (κ3) is 4.54. The molecule has 1 saturated heterocycles. The summed E-state index contributed by atoms with van der Waals surface area (Å²) in [7, 11) is 0.